The molecule has 0 aliphatic heterocycles. The van der Waals surface area contributed by atoms with Gasteiger partial charge in [0.1, 0.15) is 5.52 Å². The smallest absolute Gasteiger partial charge is 0.269 e. The maximum Gasteiger partial charge on any atom is 0.269 e. The number of carbonyl (C=O) groups is 1. The summed E-state index contributed by atoms with van der Waals surface area (Å²) in [5.74, 6) is -0.214. The molecule has 1 amide bonds. The number of nitrogens with zero attached hydrogens (tertiary/aromatic N) is 3. The summed E-state index contributed by atoms with van der Waals surface area (Å²) >= 11 is 5.48. The van der Waals surface area contributed by atoms with Crippen LogP contribution >= 0.6 is 12.2 Å². The van der Waals surface area contributed by atoms with Gasteiger partial charge in [0.15, 0.2) is 21.9 Å². The first-order valence-electron chi connectivity index (χ1n) is 8.40. The molecule has 0 aliphatic carbocycles. The third-order valence-electron chi connectivity index (χ3n) is 4.37. The van der Waals surface area contributed by atoms with Crippen LogP contribution in [0.5, 0.6) is 0 Å². The van der Waals surface area contributed by atoms with Crippen molar-refractivity contribution < 1.29 is 4.79 Å². The van der Waals surface area contributed by atoms with Gasteiger partial charge in [0.05, 0.1) is 0 Å². The van der Waals surface area contributed by atoms with Gasteiger partial charge in [0.2, 0.25) is 0 Å². The molecule has 6 nitrogen and oxygen atoms in total. The SMILES string of the molecule is Cc1ccc(-c2nc(C(N)=O)c3[nH]c(=S)n(-c4ccc(C)cc4)c3n2)cc1. The summed E-state index contributed by atoms with van der Waals surface area (Å²) in [6.45, 7) is 4.02. The Bertz CT molecular complexity index is 1220. The minimum atomic E-state index is -0.636. The zero-order valence-electron chi connectivity index (χ0n) is 14.9. The minimum absolute atomic E-state index is 0.118. The number of amides is 1. The number of primary amides is 1. The molecule has 0 saturated carbocycles. The van der Waals surface area contributed by atoms with Crippen molar-refractivity contribution in [2.75, 3.05) is 0 Å². The molecule has 0 unspecified atom stereocenters. The van der Waals surface area contributed by atoms with E-state index in [1.165, 1.54) is 0 Å². The fourth-order valence-electron chi connectivity index (χ4n) is 2.93. The van der Waals surface area contributed by atoms with Gasteiger partial charge in [-0.15, -0.1) is 0 Å². The van der Waals surface area contributed by atoms with Crippen LogP contribution in [0.3, 0.4) is 0 Å². The average molecular weight is 375 g/mol. The second-order valence-electron chi connectivity index (χ2n) is 6.43. The molecule has 4 rings (SSSR count). The number of aryl methyl sites for hydroxylation is 2. The Hall–Kier alpha value is -3.32. The highest BCUT2D eigenvalue weighted by atomic mass is 32.1. The van der Waals surface area contributed by atoms with E-state index in [-0.39, 0.29) is 5.69 Å². The highest BCUT2D eigenvalue weighted by molar-refractivity contribution is 7.71. The second-order valence-corrected chi connectivity index (χ2v) is 6.81. The molecule has 2 aromatic carbocycles. The molecule has 0 saturated heterocycles. The van der Waals surface area contributed by atoms with Crippen molar-refractivity contribution in [1.82, 2.24) is 19.5 Å². The van der Waals surface area contributed by atoms with E-state index in [9.17, 15) is 4.79 Å². The maximum atomic E-state index is 12.0. The van der Waals surface area contributed by atoms with E-state index in [4.69, 9.17) is 18.0 Å². The van der Waals surface area contributed by atoms with Crippen molar-refractivity contribution in [2.24, 2.45) is 5.73 Å². The Balaban J connectivity index is 2.04. The van der Waals surface area contributed by atoms with Crippen molar-refractivity contribution >= 4 is 29.3 Å². The van der Waals surface area contributed by atoms with E-state index in [2.05, 4.69) is 15.0 Å². The van der Waals surface area contributed by atoms with Crippen molar-refractivity contribution in [3.63, 3.8) is 0 Å². The fourth-order valence-corrected chi connectivity index (χ4v) is 3.22. The number of imidazole rings is 1. The van der Waals surface area contributed by atoms with E-state index in [1.54, 1.807) is 4.57 Å². The standard InChI is InChI=1S/C20H17N5OS/c1-11-3-7-13(8-4-11)18-22-15(17(21)26)16-19(24-18)25(20(27)23-16)14-9-5-12(2)6-10-14/h3-10H,1-2H3,(H2,21,26)(H,23,27). The number of hydrogen-bond acceptors (Lipinski definition) is 4. The minimum Gasteiger partial charge on any atom is -0.364 e. The van der Waals surface area contributed by atoms with Gasteiger partial charge >= 0.3 is 0 Å². The summed E-state index contributed by atoms with van der Waals surface area (Å²) in [6.07, 6.45) is 0. The van der Waals surface area contributed by atoms with Crippen molar-refractivity contribution in [3.8, 4) is 17.1 Å². The van der Waals surface area contributed by atoms with Crippen LogP contribution in [0.1, 0.15) is 21.6 Å². The summed E-state index contributed by atoms with van der Waals surface area (Å²) in [4.78, 5) is 24.1. The van der Waals surface area contributed by atoms with Crippen LogP contribution in [0.25, 0.3) is 28.2 Å². The van der Waals surface area contributed by atoms with Gasteiger partial charge < -0.3 is 10.7 Å². The molecule has 4 aromatic rings. The summed E-state index contributed by atoms with van der Waals surface area (Å²) in [5.41, 5.74) is 10.6. The van der Waals surface area contributed by atoms with Gasteiger partial charge in [0, 0.05) is 11.3 Å². The molecular formula is C20H17N5OS. The van der Waals surface area contributed by atoms with Crippen molar-refractivity contribution in [2.45, 2.75) is 13.8 Å². The Labute approximate surface area is 160 Å². The molecule has 0 bridgehead atoms. The molecule has 0 fully saturated rings. The zero-order valence-corrected chi connectivity index (χ0v) is 15.7. The van der Waals surface area contributed by atoms with Crippen molar-refractivity contribution in [3.05, 3.63) is 70.1 Å². The average Bonchev–Trinajstić information content (AvgIpc) is 2.98. The monoisotopic (exact) mass is 375 g/mol. The molecule has 134 valence electrons. The van der Waals surface area contributed by atoms with Crippen LogP contribution in [0.15, 0.2) is 48.5 Å². The second kappa shape index (κ2) is 6.44. The lowest BCUT2D eigenvalue weighted by Crippen LogP contribution is -2.15. The number of rotatable bonds is 3. The van der Waals surface area contributed by atoms with Crippen LogP contribution in [0.2, 0.25) is 0 Å². The van der Waals surface area contributed by atoms with Crippen LogP contribution in [-0.4, -0.2) is 25.4 Å². The lowest BCUT2D eigenvalue weighted by atomic mass is 10.1. The zero-order chi connectivity index (χ0) is 19.1. The van der Waals surface area contributed by atoms with Crippen molar-refractivity contribution in [1.29, 1.82) is 0 Å². The normalized spacial score (nSPS) is 11.0. The van der Waals surface area contributed by atoms with Gasteiger partial charge in [-0.3, -0.25) is 9.36 Å². The van der Waals surface area contributed by atoms with Crippen LogP contribution in [0, 0.1) is 18.6 Å². The number of carbonyl (C=O) groups excluding carboxylic acids is 1. The number of nitrogens with one attached hydrogen (secondary N) is 1. The molecule has 0 spiro atoms. The van der Waals surface area contributed by atoms with Gasteiger partial charge in [-0.2, -0.15) is 0 Å². The highest BCUT2D eigenvalue weighted by Gasteiger charge is 2.19. The molecular weight excluding hydrogens is 358 g/mol. The molecule has 0 aliphatic rings. The topological polar surface area (TPSA) is 89.6 Å². The third kappa shape index (κ3) is 3.02. The number of H-pyrrole nitrogens is 1. The van der Waals surface area contributed by atoms with Gasteiger partial charge in [-0.25, -0.2) is 9.97 Å². The predicted octanol–water partition coefficient (Wildman–Crippen LogP) is 3.86. The van der Waals surface area contributed by atoms with Crippen LogP contribution in [-0.2, 0) is 0 Å². The predicted molar refractivity (Wildman–Crippen MR) is 107 cm³/mol. The van der Waals surface area contributed by atoms with E-state index in [0.29, 0.717) is 21.8 Å². The first-order valence-corrected chi connectivity index (χ1v) is 8.81. The fraction of sp³-hybridized carbons (Fsp3) is 0.100. The number of aromatic nitrogens is 4. The van der Waals surface area contributed by atoms with E-state index in [1.807, 2.05) is 62.4 Å². The first-order chi connectivity index (χ1) is 12.9. The summed E-state index contributed by atoms with van der Waals surface area (Å²) < 4.78 is 2.21. The molecule has 2 heterocycles. The van der Waals surface area contributed by atoms with E-state index in [0.717, 1.165) is 22.4 Å². The van der Waals surface area contributed by atoms with Gasteiger partial charge in [0.25, 0.3) is 5.91 Å². The Morgan fingerprint density at radius 3 is 2.19 bits per heavy atom. The molecule has 7 heteroatoms. The summed E-state index contributed by atoms with van der Waals surface area (Å²) in [6, 6.07) is 15.7. The Morgan fingerprint density at radius 2 is 1.59 bits per heavy atom. The lowest BCUT2D eigenvalue weighted by molar-refractivity contribution is 0.0997. The number of fused-ring (bicyclic) bond motifs is 1. The molecule has 0 atom stereocenters. The van der Waals surface area contributed by atoms with Gasteiger partial charge in [-0.1, -0.05) is 47.5 Å². The number of benzene rings is 2. The molecule has 27 heavy (non-hydrogen) atoms. The van der Waals surface area contributed by atoms with E-state index >= 15 is 0 Å². The van der Waals surface area contributed by atoms with Gasteiger partial charge in [-0.05, 0) is 38.2 Å². The molecule has 0 radical (unpaired) electrons. The Kier molecular flexibility index (Phi) is 4.08. The summed E-state index contributed by atoms with van der Waals surface area (Å²) in [5, 5.41) is 0. The largest absolute Gasteiger partial charge is 0.364 e. The quantitative estimate of drug-likeness (QED) is 0.532. The number of hydrogen-bond donors (Lipinski definition) is 2. The maximum absolute atomic E-state index is 12.0. The number of aromatic amines is 1. The van der Waals surface area contributed by atoms with Crippen LogP contribution < -0.4 is 5.73 Å². The number of nitrogens with two attached hydrogens (primary N) is 1. The van der Waals surface area contributed by atoms with Crippen LogP contribution in [0.4, 0.5) is 0 Å². The lowest BCUT2D eigenvalue weighted by Gasteiger charge is -2.07. The van der Waals surface area contributed by atoms with E-state index < -0.39 is 5.91 Å². The summed E-state index contributed by atoms with van der Waals surface area (Å²) in [7, 11) is 0. The first kappa shape index (κ1) is 17.1. The molecule has 3 N–H and O–H groups in total. The molecule has 2 aromatic heterocycles. The third-order valence-corrected chi connectivity index (χ3v) is 4.66. The highest BCUT2D eigenvalue weighted by Crippen LogP contribution is 2.24. The Morgan fingerprint density at radius 1 is 1.00 bits per heavy atom.